The molecule has 12 rings (SSSR count). The number of nitrogens with two attached hydrogens (primary N) is 3. The van der Waals surface area contributed by atoms with Crippen molar-refractivity contribution in [3.8, 4) is 68.6 Å². The summed E-state index contributed by atoms with van der Waals surface area (Å²) < 4.78 is 51.7. The third kappa shape index (κ3) is 11.3. The van der Waals surface area contributed by atoms with E-state index >= 15 is 0 Å². The number of halogens is 3. The number of aromatic nitrogens is 17. The van der Waals surface area contributed by atoms with Gasteiger partial charge in [-0.2, -0.15) is 0 Å². The summed E-state index contributed by atoms with van der Waals surface area (Å²) in [6.07, 6.45) is 9.55. The van der Waals surface area contributed by atoms with Crippen molar-refractivity contribution < 1.29 is 17.7 Å². The second-order valence-electron chi connectivity index (χ2n) is 15.7. The lowest BCUT2D eigenvalue weighted by atomic mass is 10.2. The van der Waals surface area contributed by atoms with Crippen LogP contribution in [0.4, 0.5) is 30.5 Å². The van der Waals surface area contributed by atoms with E-state index in [9.17, 15) is 13.2 Å². The van der Waals surface area contributed by atoms with E-state index < -0.39 is 0 Å². The number of nitrogens with zero attached hydrogens (tertiary/aromatic N) is 17. The zero-order valence-corrected chi connectivity index (χ0v) is 40.4. The van der Waals surface area contributed by atoms with Gasteiger partial charge in [-0.15, -0.1) is 38.0 Å². The molecule has 9 aromatic heterocycles. The van der Waals surface area contributed by atoms with Gasteiger partial charge >= 0.3 is 0 Å². The van der Waals surface area contributed by atoms with Gasteiger partial charge in [0.2, 0.25) is 17.5 Å². The van der Waals surface area contributed by atoms with Gasteiger partial charge in [-0.25, -0.2) is 67.1 Å². The molecule has 0 saturated heterocycles. The van der Waals surface area contributed by atoms with Crippen LogP contribution in [0.5, 0.6) is 0 Å². The molecule has 372 valence electrons. The first kappa shape index (κ1) is 48.7. The van der Waals surface area contributed by atoms with Crippen molar-refractivity contribution in [3.63, 3.8) is 0 Å². The third-order valence-electron chi connectivity index (χ3n) is 10.7. The van der Waals surface area contributed by atoms with Gasteiger partial charge in [-0.05, 0) is 30.3 Å². The van der Waals surface area contributed by atoms with E-state index in [1.807, 2.05) is 29.0 Å². The van der Waals surface area contributed by atoms with Crippen molar-refractivity contribution in [3.05, 3.63) is 185 Å². The van der Waals surface area contributed by atoms with Gasteiger partial charge in [0.1, 0.15) is 46.5 Å². The first-order valence-electron chi connectivity index (χ1n) is 22.3. The van der Waals surface area contributed by atoms with Crippen LogP contribution in [0.1, 0.15) is 16.7 Å². The molecule has 6 N–H and O–H groups in total. The summed E-state index contributed by atoms with van der Waals surface area (Å²) in [4.78, 5) is 42.7. The molecule has 0 unspecified atom stereocenters. The summed E-state index contributed by atoms with van der Waals surface area (Å²) in [5, 5.41) is 21.6. The number of benzene rings is 3. The van der Waals surface area contributed by atoms with Crippen LogP contribution >= 0.6 is 22.7 Å². The largest absolute Gasteiger partial charge is 0.393 e. The molecular weight excluding hydrogens is 1010 g/mol. The molecule has 26 heteroatoms. The lowest BCUT2D eigenvalue weighted by molar-refractivity contribution is 0.421. The first-order chi connectivity index (χ1) is 36.6. The number of rotatable bonds is 12. The van der Waals surface area contributed by atoms with Crippen molar-refractivity contribution >= 4 is 40.0 Å². The molecule has 0 bridgehead atoms. The molecule has 21 nitrogen and oxygen atoms in total. The van der Waals surface area contributed by atoms with Crippen LogP contribution in [0.2, 0.25) is 0 Å². The normalized spacial score (nSPS) is 10.9. The maximum absolute atomic E-state index is 14.1. The lowest BCUT2D eigenvalue weighted by Crippen LogP contribution is -2.08. The highest BCUT2D eigenvalue weighted by Crippen LogP contribution is 2.28. The third-order valence-corrected chi connectivity index (χ3v) is 12.0. The maximum atomic E-state index is 14.1. The molecule has 9 heterocycles. The van der Waals surface area contributed by atoms with Crippen LogP contribution in [0.3, 0.4) is 0 Å². The smallest absolute Gasteiger partial charge is 0.219 e. The maximum Gasteiger partial charge on any atom is 0.219 e. The number of thiazole rings is 2. The molecule has 75 heavy (non-hydrogen) atoms. The molecule has 0 radical (unpaired) electrons. The Bertz CT molecular complexity index is 3780. The van der Waals surface area contributed by atoms with Gasteiger partial charge in [0.05, 0.1) is 31.3 Å². The minimum atomic E-state index is -0.336. The Balaban J connectivity index is 0.000000129. The number of hydrogen-bond donors (Lipinski definition) is 3. The Kier molecular flexibility index (Phi) is 14.4. The monoisotopic (exact) mass is 1040 g/mol. The van der Waals surface area contributed by atoms with Gasteiger partial charge in [0.15, 0.2) is 45.6 Å². The van der Waals surface area contributed by atoms with Crippen molar-refractivity contribution in [2.24, 2.45) is 0 Å². The van der Waals surface area contributed by atoms with E-state index in [0.29, 0.717) is 73.6 Å². The van der Waals surface area contributed by atoms with Crippen LogP contribution in [-0.2, 0) is 19.6 Å². The summed E-state index contributed by atoms with van der Waals surface area (Å²) >= 11 is 2.85. The number of nitrogen functional groups attached to an aromatic ring is 3. The van der Waals surface area contributed by atoms with E-state index in [1.54, 1.807) is 111 Å². The van der Waals surface area contributed by atoms with E-state index in [0.717, 1.165) is 0 Å². The highest BCUT2D eigenvalue weighted by molar-refractivity contribution is 7.13. The minimum absolute atomic E-state index is 0.0405. The fourth-order valence-corrected chi connectivity index (χ4v) is 8.23. The average molecular weight is 1040 g/mol. The molecule has 3 aromatic carbocycles. The van der Waals surface area contributed by atoms with Crippen molar-refractivity contribution in [2.45, 2.75) is 19.6 Å². The SMILES string of the molecule is Fc1ccccc1Cn1nc(-c2ccccn2)nc1-c1ccon1.Fc1ccccc1Cn1nc(-c2cscn2)nc1-c1cnccn1.Nc1nc(-c2nc(-c3nccs3)n(Cc3ccccc3F)n2)nc(N)c1N. The molecule has 0 fully saturated rings. The second kappa shape index (κ2) is 22.2. The fraction of sp³-hybridized carbons (Fsp3) is 0.0612. The Morgan fingerprint density at radius 2 is 1.05 bits per heavy atom. The molecule has 0 aliphatic rings. The van der Waals surface area contributed by atoms with Gasteiger partial charge in [-0.1, -0.05) is 65.8 Å². The molecule has 0 amide bonds. The van der Waals surface area contributed by atoms with Crippen LogP contribution in [0.15, 0.2) is 155 Å². The molecule has 0 aliphatic carbocycles. The standard InChI is InChI=1S/C17H12FN5O.C16H14FN9S.C16H11FN6S/c18-13-6-2-1-5-12(13)11-23-17(15-8-10-24-22-15)20-16(21-23)14-7-3-4-9-19-14;17-9-4-2-1-3-8(9)7-26-15(16-21-5-6-27-16)24-14(25-26)13-22-11(19)10(18)12(20)23-13;17-12-4-2-1-3-11(12)8-23-16(13-7-18-5-6-19-13)21-15(22-23)14-9-24-10-20-14/h1-10H,11H2;1-6H,7,18H2,(H4,19,20,22,23);1-7,9-10H,8H2. The Labute approximate surface area is 430 Å². The van der Waals surface area contributed by atoms with Crippen LogP contribution in [-0.4, -0.2) is 84.3 Å². The topological polar surface area (TPSA) is 286 Å². The van der Waals surface area contributed by atoms with Crippen LogP contribution in [0, 0.1) is 17.5 Å². The van der Waals surface area contributed by atoms with Crippen molar-refractivity contribution in [2.75, 3.05) is 17.2 Å². The fourth-order valence-electron chi connectivity index (χ4n) is 7.07. The first-order valence-corrected chi connectivity index (χ1v) is 24.1. The van der Waals surface area contributed by atoms with E-state index in [2.05, 4.69) is 70.3 Å². The summed E-state index contributed by atoms with van der Waals surface area (Å²) in [6.45, 7) is 0.638. The molecule has 12 aromatic rings. The Morgan fingerprint density at radius 1 is 0.493 bits per heavy atom. The van der Waals surface area contributed by atoms with Gasteiger partial charge < -0.3 is 21.7 Å². The molecule has 0 atom stereocenters. The van der Waals surface area contributed by atoms with Crippen molar-refractivity contribution in [1.29, 1.82) is 0 Å². The predicted octanol–water partition coefficient (Wildman–Crippen LogP) is 8.02. The quantitative estimate of drug-likeness (QED) is 0.104. The molecule has 0 aliphatic heterocycles. The van der Waals surface area contributed by atoms with Crippen LogP contribution < -0.4 is 17.2 Å². The number of anilines is 3. The van der Waals surface area contributed by atoms with E-state index in [-0.39, 0.29) is 66.1 Å². The summed E-state index contributed by atoms with van der Waals surface area (Å²) in [6, 6.07) is 26.8. The Hall–Kier alpha value is -9.95. The molecule has 0 saturated carbocycles. The summed E-state index contributed by atoms with van der Waals surface area (Å²) in [5.41, 5.74) is 22.9. The van der Waals surface area contributed by atoms with Crippen molar-refractivity contribution in [1.82, 2.24) is 84.3 Å². The molecule has 0 spiro atoms. The number of pyridine rings is 1. The van der Waals surface area contributed by atoms with E-state index in [4.69, 9.17) is 21.7 Å². The average Bonchev–Trinajstić information content (AvgIpc) is 4.31. The predicted molar refractivity (Wildman–Crippen MR) is 273 cm³/mol. The lowest BCUT2D eigenvalue weighted by Gasteiger charge is -2.06. The highest BCUT2D eigenvalue weighted by atomic mass is 32.1. The summed E-state index contributed by atoms with van der Waals surface area (Å²) in [5.74, 6) is 1.89. The van der Waals surface area contributed by atoms with Crippen LogP contribution in [0.25, 0.3) is 68.6 Å². The minimum Gasteiger partial charge on any atom is -0.393 e. The number of hydrogen-bond acceptors (Lipinski definition) is 20. The van der Waals surface area contributed by atoms with Gasteiger partial charge in [0, 0.05) is 58.3 Å². The second-order valence-corrected chi connectivity index (χ2v) is 17.3. The molecular formula is C49H37F3N20OS2. The Morgan fingerprint density at radius 3 is 1.57 bits per heavy atom. The van der Waals surface area contributed by atoms with Gasteiger partial charge in [-0.3, -0.25) is 9.97 Å². The summed E-state index contributed by atoms with van der Waals surface area (Å²) in [7, 11) is 0. The van der Waals surface area contributed by atoms with Gasteiger partial charge in [0.25, 0.3) is 0 Å². The zero-order chi connectivity index (χ0) is 51.7. The van der Waals surface area contributed by atoms with E-state index in [1.165, 1.54) is 47.1 Å². The highest BCUT2D eigenvalue weighted by Gasteiger charge is 2.22. The zero-order valence-electron chi connectivity index (χ0n) is 38.7.